The number of ketones is 2. The predicted octanol–water partition coefficient (Wildman–Crippen LogP) is 4.25. The topological polar surface area (TPSA) is 60.4 Å². The van der Waals surface area contributed by atoms with Crippen molar-refractivity contribution in [3.05, 3.63) is 47.2 Å². The van der Waals surface area contributed by atoms with Gasteiger partial charge in [0, 0.05) is 0 Å². The number of benzene rings is 1. The molecule has 1 spiro atoms. The number of esters is 1. The summed E-state index contributed by atoms with van der Waals surface area (Å²) in [6, 6.07) is 6.82. The summed E-state index contributed by atoms with van der Waals surface area (Å²) in [5, 5.41) is 0. The Hall–Kier alpha value is -1.71. The van der Waals surface area contributed by atoms with Gasteiger partial charge in [-0.05, 0) is 0 Å². The van der Waals surface area contributed by atoms with E-state index >= 15 is 0 Å². The Balaban J connectivity index is 1.07. The number of fused-ring (bicyclic) bond motifs is 11. The quantitative estimate of drug-likeness (QED) is 0.563. The molecular weight excluding hydrogens is 372 g/mol. The Bertz CT molecular complexity index is 1520. The van der Waals surface area contributed by atoms with Crippen molar-refractivity contribution in [2.24, 2.45) is 0 Å². The van der Waals surface area contributed by atoms with E-state index in [1.165, 1.54) is 6.08 Å². The van der Waals surface area contributed by atoms with E-state index in [2.05, 4.69) is 0 Å². The molecule has 0 saturated carbocycles. The Morgan fingerprint density at radius 3 is 1.96 bits per heavy atom. The molecule has 1 aliphatic carbocycles. The molecule has 0 amide bonds. The summed E-state index contributed by atoms with van der Waals surface area (Å²) in [7, 11) is 0. The molecular formula is C21H14FeO4. The Kier molecular flexibility index (Phi) is 0.468. The van der Waals surface area contributed by atoms with Crippen LogP contribution in [-0.4, -0.2) is 17.5 Å². The van der Waals surface area contributed by atoms with Crippen LogP contribution in [0.15, 0.2) is 36.1 Å². The Morgan fingerprint density at radius 2 is 1.46 bits per heavy atom. The van der Waals surface area contributed by atoms with Gasteiger partial charge in [0.05, 0.1) is 0 Å². The van der Waals surface area contributed by atoms with Crippen molar-refractivity contribution in [1.29, 1.82) is 0 Å². The van der Waals surface area contributed by atoms with Crippen LogP contribution in [0.3, 0.4) is 0 Å². The molecule has 11 aliphatic rings. The first-order valence-corrected chi connectivity index (χ1v) is 16.0. The van der Waals surface area contributed by atoms with E-state index in [0.29, 0.717) is 11.1 Å². The fourth-order valence-corrected chi connectivity index (χ4v) is 91.8. The SMILES string of the molecule is O=C1C=C(OC(=O)[C]23[CH]4[CH]5[CH]6[CH]2[Fe]56432789[CH]3[CH]2[CH]7[CH]8[CH]39)C(=O)c2ccccc21. The van der Waals surface area contributed by atoms with Crippen LogP contribution < -0.4 is 0 Å². The molecule has 10 saturated heterocycles. The number of carbonyl (C=O) groups is 3. The second-order valence-corrected chi connectivity index (χ2v) is 36.4. The molecule has 1 aromatic rings. The summed E-state index contributed by atoms with van der Waals surface area (Å²) in [5.41, 5.74) is 0.781. The van der Waals surface area contributed by atoms with Crippen molar-refractivity contribution in [3.8, 4) is 0 Å². The Labute approximate surface area is 138 Å². The molecule has 130 valence electrons. The van der Waals surface area contributed by atoms with E-state index in [4.69, 9.17) is 4.74 Å². The number of allylic oxidation sites excluding steroid dienone is 2. The standard InChI is InChI=1S/C16H9O4.C5H5.Fe/c17-13-9-14(20-16(19)10-5-1-2-6-10)15(18)12-8-4-3-7-11(12)13;1-2-4-5-3-1;/h1-9H;1-5H;. The fraction of sp³-hybridized carbons (Fsp3) is 0.476. The second-order valence-electron chi connectivity index (χ2n) is 12.8. The molecule has 5 heteroatoms. The van der Waals surface area contributed by atoms with E-state index in [0.717, 1.165) is 43.3 Å². The van der Waals surface area contributed by atoms with E-state index in [9.17, 15) is 14.4 Å². The number of Topliss-reactive ketones (excluding diaryl/α,β-unsaturated/α-hetero) is 1. The summed E-state index contributed by atoms with van der Waals surface area (Å²) in [4.78, 5) is 47.6. The first kappa shape index (κ1) is 10.6. The first-order chi connectivity index (χ1) is 12.3. The average Bonchev–Trinajstić information content (AvgIpc) is 3.58. The molecule has 4 nitrogen and oxygen atoms in total. The van der Waals surface area contributed by atoms with Crippen LogP contribution in [0.25, 0.3) is 0 Å². The predicted molar refractivity (Wildman–Crippen MR) is 85.7 cm³/mol. The first-order valence-electron chi connectivity index (χ1n) is 9.68. The maximum atomic E-state index is 13.5. The van der Waals surface area contributed by atoms with Gasteiger partial charge in [0.2, 0.25) is 0 Å². The van der Waals surface area contributed by atoms with Gasteiger partial charge in [-0.2, -0.15) is 0 Å². The zero-order valence-electron chi connectivity index (χ0n) is 13.6. The van der Waals surface area contributed by atoms with Crippen LogP contribution in [0.2, 0.25) is 47.7 Å². The third kappa shape index (κ3) is 0.164. The van der Waals surface area contributed by atoms with Gasteiger partial charge < -0.3 is 0 Å². The van der Waals surface area contributed by atoms with Crippen molar-refractivity contribution >= 4 is 17.5 Å². The molecule has 10 fully saturated rings. The number of hydrogen-bond donors (Lipinski definition) is 0. The molecule has 0 bridgehead atoms. The van der Waals surface area contributed by atoms with E-state index < -0.39 is 6.51 Å². The van der Waals surface area contributed by atoms with E-state index in [1.54, 1.807) is 24.3 Å². The van der Waals surface area contributed by atoms with Gasteiger partial charge in [-0.3, -0.25) is 0 Å². The van der Waals surface area contributed by atoms with Crippen LogP contribution in [0.1, 0.15) is 20.7 Å². The van der Waals surface area contributed by atoms with Gasteiger partial charge in [0.25, 0.3) is 0 Å². The van der Waals surface area contributed by atoms with E-state index in [-0.39, 0.29) is 27.6 Å². The van der Waals surface area contributed by atoms with Crippen molar-refractivity contribution < 1.29 is 25.6 Å². The summed E-state index contributed by atoms with van der Waals surface area (Å²) >= 11 is 0. The van der Waals surface area contributed by atoms with E-state index in [1.807, 2.05) is 0 Å². The molecule has 0 radical (unpaired) electrons. The molecule has 10 aliphatic heterocycles. The average molecular weight is 386 g/mol. The zero-order chi connectivity index (χ0) is 16.7. The number of rotatable bonds is 2. The number of hydrogen-bond acceptors (Lipinski definition) is 4. The van der Waals surface area contributed by atoms with Gasteiger partial charge in [-0.1, -0.05) is 0 Å². The molecule has 12 rings (SSSR count). The van der Waals surface area contributed by atoms with Gasteiger partial charge >= 0.3 is 138 Å². The minimum atomic E-state index is -3.58. The van der Waals surface area contributed by atoms with Gasteiger partial charge in [0.1, 0.15) is 0 Å². The minimum absolute atomic E-state index is 0.0188. The normalized spacial score (nSPS) is 84.2. The Morgan fingerprint density at radius 1 is 0.885 bits per heavy atom. The van der Waals surface area contributed by atoms with Crippen LogP contribution in [0, 0.1) is 0 Å². The van der Waals surface area contributed by atoms with Gasteiger partial charge in [-0.15, -0.1) is 0 Å². The monoisotopic (exact) mass is 386 g/mol. The summed E-state index contributed by atoms with van der Waals surface area (Å²) < 4.78 is 5.80. The van der Waals surface area contributed by atoms with Gasteiger partial charge in [-0.25, -0.2) is 0 Å². The molecule has 4 unspecified atom stereocenters. The summed E-state index contributed by atoms with van der Waals surface area (Å²) in [6.07, 6.45) is 1.26. The summed E-state index contributed by atoms with van der Waals surface area (Å²) in [5.74, 6) is -0.612. The number of ether oxygens (including phenoxy) is 1. The van der Waals surface area contributed by atoms with Crippen LogP contribution >= 0.6 is 0 Å². The molecule has 0 aromatic heterocycles. The van der Waals surface area contributed by atoms with Crippen molar-refractivity contribution in [3.63, 3.8) is 0 Å². The third-order valence-corrected chi connectivity index (χ3v) is 59.4. The maximum absolute atomic E-state index is 13.5. The van der Waals surface area contributed by atoms with Crippen LogP contribution in [0.5, 0.6) is 0 Å². The molecule has 10 heterocycles. The van der Waals surface area contributed by atoms with Gasteiger partial charge in [0.15, 0.2) is 0 Å². The number of carbonyl (C=O) groups excluding carboxylic acids is 3. The van der Waals surface area contributed by atoms with Crippen LogP contribution in [0.4, 0.5) is 0 Å². The molecule has 4 atom stereocenters. The molecule has 1 aromatic carbocycles. The zero-order valence-corrected chi connectivity index (χ0v) is 14.7. The fourth-order valence-electron chi connectivity index (χ4n) is 18.3. The third-order valence-electron chi connectivity index (χ3n) is 17.1. The van der Waals surface area contributed by atoms with Crippen LogP contribution in [-0.2, 0) is 16.0 Å². The van der Waals surface area contributed by atoms with Crippen molar-refractivity contribution in [2.75, 3.05) is 0 Å². The molecule has 26 heavy (non-hydrogen) atoms. The second kappa shape index (κ2) is 1.15. The molecule has 0 N–H and O–H groups in total. The van der Waals surface area contributed by atoms with Crippen molar-refractivity contribution in [1.82, 2.24) is 0 Å². The van der Waals surface area contributed by atoms with Crippen molar-refractivity contribution in [2.45, 2.75) is 47.7 Å². The summed E-state index contributed by atoms with van der Waals surface area (Å²) in [6.45, 7) is -3.58.